The van der Waals surface area contributed by atoms with Gasteiger partial charge in [0.25, 0.3) is 5.91 Å². The number of methoxy groups -OCH3 is 2. The first-order chi connectivity index (χ1) is 9.58. The summed E-state index contributed by atoms with van der Waals surface area (Å²) in [6.07, 6.45) is 0. The Morgan fingerprint density at radius 2 is 1.75 bits per heavy atom. The van der Waals surface area contributed by atoms with Crippen LogP contribution < -0.4 is 20.9 Å². The van der Waals surface area contributed by atoms with Crippen molar-refractivity contribution in [1.29, 1.82) is 0 Å². The number of amides is 1. The topological polar surface area (TPSA) is 99.9 Å². The number of aliphatic imine (C=N–C) groups is 1. The van der Waals surface area contributed by atoms with E-state index in [9.17, 15) is 4.79 Å². The van der Waals surface area contributed by atoms with Crippen LogP contribution in [0.2, 0.25) is 0 Å². The van der Waals surface area contributed by atoms with Crippen molar-refractivity contribution in [2.24, 2.45) is 16.5 Å². The fourth-order valence-corrected chi connectivity index (χ4v) is 2.04. The lowest BCUT2D eigenvalue weighted by molar-refractivity contribution is 0.0999. The summed E-state index contributed by atoms with van der Waals surface area (Å²) in [5, 5.41) is 1.59. The molecule has 104 valence electrons. The third-order valence-corrected chi connectivity index (χ3v) is 2.84. The van der Waals surface area contributed by atoms with Gasteiger partial charge in [-0.3, -0.25) is 4.79 Å². The van der Waals surface area contributed by atoms with Crippen molar-refractivity contribution in [2.75, 3.05) is 14.2 Å². The van der Waals surface area contributed by atoms with Gasteiger partial charge in [0.1, 0.15) is 11.5 Å². The summed E-state index contributed by atoms with van der Waals surface area (Å²) >= 11 is 0. The zero-order chi connectivity index (χ0) is 14.7. The number of hydrogen-bond donors (Lipinski definition) is 2. The van der Waals surface area contributed by atoms with E-state index in [2.05, 4.69) is 4.99 Å². The van der Waals surface area contributed by atoms with Gasteiger partial charge in [0.15, 0.2) is 5.96 Å². The number of benzene rings is 2. The van der Waals surface area contributed by atoms with Gasteiger partial charge >= 0.3 is 0 Å². The molecule has 2 aromatic rings. The van der Waals surface area contributed by atoms with Gasteiger partial charge in [-0.1, -0.05) is 24.3 Å². The molecule has 0 aliphatic carbocycles. The number of nitrogens with zero attached hydrogens (tertiary/aromatic N) is 1. The Labute approximate surface area is 116 Å². The smallest absolute Gasteiger partial charge is 0.284 e. The van der Waals surface area contributed by atoms with E-state index in [4.69, 9.17) is 20.9 Å². The summed E-state index contributed by atoms with van der Waals surface area (Å²) in [7, 11) is 3.02. The molecule has 6 heteroatoms. The summed E-state index contributed by atoms with van der Waals surface area (Å²) in [5.74, 6) is 0.0852. The van der Waals surface area contributed by atoms with Gasteiger partial charge in [0.2, 0.25) is 0 Å². The fraction of sp³-hybridized carbons (Fsp3) is 0.143. The van der Waals surface area contributed by atoms with Crippen LogP contribution in [0.25, 0.3) is 10.8 Å². The van der Waals surface area contributed by atoms with E-state index in [0.29, 0.717) is 11.5 Å². The lowest BCUT2D eigenvalue weighted by atomic mass is 10.0. The molecular formula is C14H15N3O3. The lowest BCUT2D eigenvalue weighted by Crippen LogP contribution is -2.24. The predicted molar refractivity (Wildman–Crippen MR) is 77.2 cm³/mol. The summed E-state index contributed by atoms with van der Waals surface area (Å²) in [6, 6.07) is 9.01. The maximum atomic E-state index is 12.1. The Bertz CT molecular complexity index is 691. The van der Waals surface area contributed by atoms with E-state index in [0.717, 1.165) is 10.8 Å². The van der Waals surface area contributed by atoms with E-state index < -0.39 is 5.91 Å². The van der Waals surface area contributed by atoms with Crippen LogP contribution in [0.5, 0.6) is 11.5 Å². The minimum atomic E-state index is -0.578. The molecule has 20 heavy (non-hydrogen) atoms. The highest BCUT2D eigenvalue weighted by molar-refractivity contribution is 6.09. The van der Waals surface area contributed by atoms with E-state index >= 15 is 0 Å². The number of hydrogen-bond acceptors (Lipinski definition) is 3. The molecular weight excluding hydrogens is 258 g/mol. The van der Waals surface area contributed by atoms with Crippen molar-refractivity contribution in [2.45, 2.75) is 0 Å². The highest BCUT2D eigenvalue weighted by atomic mass is 16.5. The molecule has 4 N–H and O–H groups in total. The number of carbonyl (C=O) groups is 1. The molecule has 0 bridgehead atoms. The lowest BCUT2D eigenvalue weighted by Gasteiger charge is -2.13. The average molecular weight is 273 g/mol. The minimum Gasteiger partial charge on any atom is -0.496 e. The Hall–Kier alpha value is -2.76. The third kappa shape index (κ3) is 2.35. The van der Waals surface area contributed by atoms with Crippen LogP contribution in [0.1, 0.15) is 10.4 Å². The van der Waals surface area contributed by atoms with Gasteiger partial charge < -0.3 is 20.9 Å². The quantitative estimate of drug-likeness (QED) is 0.648. The maximum Gasteiger partial charge on any atom is 0.284 e. The second-order valence-corrected chi connectivity index (χ2v) is 4.05. The second kappa shape index (κ2) is 5.48. The van der Waals surface area contributed by atoms with E-state index in [1.54, 1.807) is 6.07 Å². The fourth-order valence-electron chi connectivity index (χ4n) is 2.04. The third-order valence-electron chi connectivity index (χ3n) is 2.84. The Morgan fingerprint density at radius 3 is 2.30 bits per heavy atom. The molecule has 0 atom stereocenters. The van der Waals surface area contributed by atoms with Crippen LogP contribution in [0, 0.1) is 0 Å². The molecule has 1 amide bonds. The Morgan fingerprint density at radius 1 is 1.10 bits per heavy atom. The zero-order valence-corrected chi connectivity index (χ0v) is 11.2. The van der Waals surface area contributed by atoms with Crippen LogP contribution in [0.3, 0.4) is 0 Å². The predicted octanol–water partition coefficient (Wildman–Crippen LogP) is 1.27. The number of guanidine groups is 1. The number of fused-ring (bicyclic) bond motifs is 1. The van der Waals surface area contributed by atoms with Crippen LogP contribution >= 0.6 is 0 Å². The normalized spacial score (nSPS) is 10.1. The van der Waals surface area contributed by atoms with Crippen molar-refractivity contribution in [1.82, 2.24) is 0 Å². The van der Waals surface area contributed by atoms with Crippen LogP contribution in [-0.2, 0) is 0 Å². The second-order valence-electron chi connectivity index (χ2n) is 4.05. The first kappa shape index (κ1) is 13.7. The molecule has 6 nitrogen and oxygen atoms in total. The Balaban J connectivity index is 2.77. The summed E-state index contributed by atoms with van der Waals surface area (Å²) in [4.78, 5) is 15.6. The molecule has 0 saturated carbocycles. The highest BCUT2D eigenvalue weighted by Crippen LogP contribution is 2.36. The van der Waals surface area contributed by atoms with Crippen LogP contribution in [0.15, 0.2) is 35.3 Å². The van der Waals surface area contributed by atoms with Gasteiger partial charge in [0, 0.05) is 10.8 Å². The standard InChI is InChI=1S/C14H15N3O3/c1-19-11-7-10(13(18)17-14(15)16)12(20-2)9-6-4-3-5-8(9)11/h3-7H,1-2H3,(H4,15,16,17,18). The highest BCUT2D eigenvalue weighted by Gasteiger charge is 2.18. The van der Waals surface area contributed by atoms with Crippen molar-refractivity contribution >= 4 is 22.6 Å². The maximum absolute atomic E-state index is 12.1. The molecule has 0 aliphatic rings. The van der Waals surface area contributed by atoms with Crippen molar-refractivity contribution in [3.63, 3.8) is 0 Å². The average Bonchev–Trinajstić information content (AvgIpc) is 2.44. The molecule has 2 aromatic carbocycles. The van der Waals surface area contributed by atoms with Gasteiger partial charge in [0.05, 0.1) is 19.8 Å². The van der Waals surface area contributed by atoms with Crippen LogP contribution in [-0.4, -0.2) is 26.1 Å². The largest absolute Gasteiger partial charge is 0.496 e. The number of rotatable bonds is 3. The number of ether oxygens (including phenoxy) is 2. The SMILES string of the molecule is COc1cc(C(=O)N=C(N)N)c(OC)c2ccccc12. The van der Waals surface area contributed by atoms with Crippen molar-refractivity contribution in [3.8, 4) is 11.5 Å². The molecule has 0 saturated heterocycles. The van der Waals surface area contributed by atoms with E-state index in [-0.39, 0.29) is 11.5 Å². The molecule has 0 spiro atoms. The molecule has 0 heterocycles. The first-order valence-corrected chi connectivity index (χ1v) is 5.86. The van der Waals surface area contributed by atoms with Crippen molar-refractivity contribution < 1.29 is 14.3 Å². The van der Waals surface area contributed by atoms with Gasteiger partial charge in [-0.05, 0) is 6.07 Å². The number of carbonyl (C=O) groups excluding carboxylic acids is 1. The van der Waals surface area contributed by atoms with Crippen LogP contribution in [0.4, 0.5) is 0 Å². The molecule has 2 rings (SSSR count). The van der Waals surface area contributed by atoms with E-state index in [1.807, 2.05) is 24.3 Å². The molecule has 0 fully saturated rings. The number of nitrogens with two attached hydrogens (primary N) is 2. The monoisotopic (exact) mass is 273 g/mol. The van der Waals surface area contributed by atoms with E-state index in [1.165, 1.54) is 14.2 Å². The van der Waals surface area contributed by atoms with Gasteiger partial charge in [-0.25, -0.2) is 0 Å². The van der Waals surface area contributed by atoms with Crippen molar-refractivity contribution in [3.05, 3.63) is 35.9 Å². The molecule has 0 radical (unpaired) electrons. The molecule has 0 unspecified atom stereocenters. The first-order valence-electron chi connectivity index (χ1n) is 5.86. The molecule has 0 aromatic heterocycles. The van der Waals surface area contributed by atoms with Gasteiger partial charge in [-0.2, -0.15) is 4.99 Å². The summed E-state index contributed by atoms with van der Waals surface area (Å²) < 4.78 is 10.6. The Kier molecular flexibility index (Phi) is 3.74. The minimum absolute atomic E-state index is 0.247. The van der Waals surface area contributed by atoms with Gasteiger partial charge in [-0.15, -0.1) is 0 Å². The zero-order valence-electron chi connectivity index (χ0n) is 11.2. The molecule has 0 aliphatic heterocycles. The summed E-state index contributed by atoms with van der Waals surface area (Å²) in [6.45, 7) is 0. The summed E-state index contributed by atoms with van der Waals surface area (Å²) in [5.41, 5.74) is 10.7.